The zero-order valence-electron chi connectivity index (χ0n) is 13.9. The average Bonchev–Trinajstić information content (AvgIpc) is 2.47. The van der Waals surface area contributed by atoms with Crippen molar-refractivity contribution in [2.45, 2.75) is 63.6 Å². The van der Waals surface area contributed by atoms with E-state index in [-0.39, 0.29) is 17.7 Å². The van der Waals surface area contributed by atoms with E-state index in [2.05, 4.69) is 31.1 Å². The molecule has 1 aromatic carbocycles. The number of likely N-dealkylation sites (N-methyl/N-ethyl adjacent to an activating group) is 1. The number of rotatable bonds is 5. The molecule has 1 aliphatic rings. The molecule has 1 unspecified atom stereocenters. The third kappa shape index (κ3) is 3.58. The second-order valence-corrected chi connectivity index (χ2v) is 6.77. The fourth-order valence-electron chi connectivity index (χ4n) is 3.54. The lowest BCUT2D eigenvalue weighted by Gasteiger charge is -2.47. The highest BCUT2D eigenvalue weighted by atomic mass is 16.5. The van der Waals surface area contributed by atoms with Crippen molar-refractivity contribution in [1.29, 1.82) is 0 Å². The number of benzene rings is 1. The molecule has 0 aliphatic heterocycles. The Bertz CT molecular complexity index is 433. The molecule has 0 saturated heterocycles. The van der Waals surface area contributed by atoms with E-state index in [1.54, 1.807) is 0 Å². The fourth-order valence-corrected chi connectivity index (χ4v) is 3.54. The first-order valence-electron chi connectivity index (χ1n) is 8.15. The molecular weight excluding hydrogens is 260 g/mol. The van der Waals surface area contributed by atoms with E-state index in [1.807, 2.05) is 26.0 Å². The summed E-state index contributed by atoms with van der Waals surface area (Å²) in [6, 6.07) is 8.40. The maximum atomic E-state index is 6.67. The number of hydrogen-bond acceptors (Lipinski definition) is 3. The molecule has 2 rings (SSSR count). The van der Waals surface area contributed by atoms with Gasteiger partial charge in [0, 0.05) is 11.6 Å². The van der Waals surface area contributed by atoms with Crippen LogP contribution in [0.15, 0.2) is 24.3 Å². The van der Waals surface area contributed by atoms with E-state index in [0.29, 0.717) is 0 Å². The van der Waals surface area contributed by atoms with Gasteiger partial charge in [-0.3, -0.25) is 0 Å². The topological polar surface area (TPSA) is 38.5 Å². The Morgan fingerprint density at radius 2 is 1.62 bits per heavy atom. The Labute approximate surface area is 129 Å². The molecule has 1 atom stereocenters. The van der Waals surface area contributed by atoms with E-state index in [1.165, 1.54) is 37.7 Å². The third-order valence-corrected chi connectivity index (χ3v) is 4.80. The monoisotopic (exact) mass is 290 g/mol. The average molecular weight is 290 g/mol. The Kier molecular flexibility index (Phi) is 5.28. The molecule has 0 radical (unpaired) electrons. The van der Waals surface area contributed by atoms with Gasteiger partial charge < -0.3 is 15.4 Å². The molecule has 1 aliphatic carbocycles. The van der Waals surface area contributed by atoms with E-state index in [9.17, 15) is 0 Å². The van der Waals surface area contributed by atoms with Gasteiger partial charge in [-0.25, -0.2) is 0 Å². The van der Waals surface area contributed by atoms with Crippen LogP contribution in [0.4, 0.5) is 0 Å². The summed E-state index contributed by atoms with van der Waals surface area (Å²) < 4.78 is 5.72. The highest BCUT2D eigenvalue weighted by Crippen LogP contribution is 2.40. The summed E-state index contributed by atoms with van der Waals surface area (Å²) in [5.74, 6) is 0.920. The van der Waals surface area contributed by atoms with Gasteiger partial charge in [-0.05, 0) is 58.5 Å². The van der Waals surface area contributed by atoms with Gasteiger partial charge in [0.15, 0.2) is 0 Å². The number of nitrogens with two attached hydrogens (primary N) is 1. The predicted octanol–water partition coefficient (Wildman–Crippen LogP) is 3.74. The molecule has 1 saturated carbocycles. The second kappa shape index (κ2) is 6.80. The van der Waals surface area contributed by atoms with Crippen LogP contribution in [0.2, 0.25) is 0 Å². The minimum atomic E-state index is 0.0564. The Balaban J connectivity index is 2.18. The van der Waals surface area contributed by atoms with Gasteiger partial charge in [-0.1, -0.05) is 31.4 Å². The maximum Gasteiger partial charge on any atom is 0.119 e. The summed E-state index contributed by atoms with van der Waals surface area (Å²) in [6.07, 6.45) is 6.47. The van der Waals surface area contributed by atoms with Gasteiger partial charge in [0.2, 0.25) is 0 Å². The van der Waals surface area contributed by atoms with E-state index < -0.39 is 0 Å². The first-order chi connectivity index (χ1) is 9.95. The molecule has 0 spiro atoms. The summed E-state index contributed by atoms with van der Waals surface area (Å²) in [6.45, 7) is 4.09. The summed E-state index contributed by atoms with van der Waals surface area (Å²) in [4.78, 5) is 2.34. The largest absolute Gasteiger partial charge is 0.491 e. The molecule has 21 heavy (non-hydrogen) atoms. The smallest absolute Gasteiger partial charge is 0.119 e. The zero-order valence-corrected chi connectivity index (χ0v) is 13.9. The summed E-state index contributed by atoms with van der Waals surface area (Å²) >= 11 is 0. The molecular formula is C18H30N2O. The molecule has 2 N–H and O–H groups in total. The minimum Gasteiger partial charge on any atom is -0.491 e. The fraction of sp³-hybridized carbons (Fsp3) is 0.667. The van der Waals surface area contributed by atoms with Crippen molar-refractivity contribution in [2.75, 3.05) is 14.1 Å². The van der Waals surface area contributed by atoms with Gasteiger partial charge >= 0.3 is 0 Å². The molecule has 118 valence electrons. The second-order valence-electron chi connectivity index (χ2n) is 6.77. The molecule has 0 amide bonds. The van der Waals surface area contributed by atoms with E-state index >= 15 is 0 Å². The lowest BCUT2D eigenvalue weighted by Crippen LogP contribution is -2.53. The van der Waals surface area contributed by atoms with Crippen molar-refractivity contribution in [3.63, 3.8) is 0 Å². The number of hydrogen-bond donors (Lipinski definition) is 1. The van der Waals surface area contributed by atoms with Gasteiger partial charge in [0.25, 0.3) is 0 Å². The van der Waals surface area contributed by atoms with Gasteiger partial charge in [0.1, 0.15) is 5.75 Å². The number of nitrogens with zero attached hydrogens (tertiary/aromatic N) is 1. The normalized spacial score (nSPS) is 19.8. The molecule has 1 aromatic rings. The van der Waals surface area contributed by atoms with E-state index in [4.69, 9.17) is 10.5 Å². The maximum absolute atomic E-state index is 6.67. The molecule has 0 heterocycles. The molecule has 3 nitrogen and oxygen atoms in total. The van der Waals surface area contributed by atoms with Crippen LogP contribution in [0.3, 0.4) is 0 Å². The standard InChI is InChI=1S/C18H30N2O/c1-14(2)21-16-10-8-15(9-11-16)17(19)18(20(3)4)12-6-5-7-13-18/h8-11,14,17H,5-7,12-13,19H2,1-4H3. The van der Waals surface area contributed by atoms with Crippen LogP contribution >= 0.6 is 0 Å². The minimum absolute atomic E-state index is 0.0564. The molecule has 0 aromatic heterocycles. The van der Waals surface area contributed by atoms with Crippen LogP contribution in [0.1, 0.15) is 57.6 Å². The molecule has 0 bridgehead atoms. The van der Waals surface area contributed by atoms with Crippen LogP contribution in [0, 0.1) is 0 Å². The lowest BCUT2D eigenvalue weighted by atomic mass is 9.73. The van der Waals surface area contributed by atoms with Gasteiger partial charge in [-0.2, -0.15) is 0 Å². The van der Waals surface area contributed by atoms with Crippen LogP contribution < -0.4 is 10.5 Å². The van der Waals surface area contributed by atoms with Crippen molar-refractivity contribution >= 4 is 0 Å². The summed E-state index contributed by atoms with van der Waals surface area (Å²) in [5, 5.41) is 0. The van der Waals surface area contributed by atoms with Crippen molar-refractivity contribution in [3.8, 4) is 5.75 Å². The Morgan fingerprint density at radius 3 is 2.10 bits per heavy atom. The number of ether oxygens (including phenoxy) is 1. The first kappa shape index (κ1) is 16.3. The van der Waals surface area contributed by atoms with Crippen molar-refractivity contribution in [3.05, 3.63) is 29.8 Å². The summed E-state index contributed by atoms with van der Waals surface area (Å²) in [7, 11) is 4.34. The lowest BCUT2D eigenvalue weighted by molar-refractivity contribution is 0.0713. The van der Waals surface area contributed by atoms with Crippen LogP contribution in [-0.4, -0.2) is 30.6 Å². The van der Waals surface area contributed by atoms with Crippen molar-refractivity contribution in [2.24, 2.45) is 5.73 Å². The van der Waals surface area contributed by atoms with E-state index in [0.717, 1.165) is 5.75 Å². The highest BCUT2D eigenvalue weighted by Gasteiger charge is 2.40. The first-order valence-corrected chi connectivity index (χ1v) is 8.15. The highest BCUT2D eigenvalue weighted by molar-refractivity contribution is 5.31. The Hall–Kier alpha value is -1.06. The predicted molar refractivity (Wildman–Crippen MR) is 88.6 cm³/mol. The van der Waals surface area contributed by atoms with Crippen LogP contribution in [-0.2, 0) is 0 Å². The third-order valence-electron chi connectivity index (χ3n) is 4.80. The van der Waals surface area contributed by atoms with Crippen molar-refractivity contribution in [1.82, 2.24) is 4.90 Å². The molecule has 3 heteroatoms. The quantitative estimate of drug-likeness (QED) is 0.898. The van der Waals surface area contributed by atoms with Crippen LogP contribution in [0.5, 0.6) is 5.75 Å². The Morgan fingerprint density at radius 1 is 1.05 bits per heavy atom. The van der Waals surface area contributed by atoms with Gasteiger partial charge in [-0.15, -0.1) is 0 Å². The SMILES string of the molecule is CC(C)Oc1ccc(C(N)C2(N(C)C)CCCCC2)cc1. The van der Waals surface area contributed by atoms with Gasteiger partial charge in [0.05, 0.1) is 6.10 Å². The van der Waals surface area contributed by atoms with Crippen LogP contribution in [0.25, 0.3) is 0 Å². The zero-order chi connectivity index (χ0) is 15.5. The molecule has 1 fully saturated rings. The summed E-state index contributed by atoms with van der Waals surface area (Å²) in [5.41, 5.74) is 7.98. The van der Waals surface area contributed by atoms with Crippen molar-refractivity contribution < 1.29 is 4.74 Å².